The van der Waals surface area contributed by atoms with Crippen molar-refractivity contribution in [3.05, 3.63) is 76.5 Å². The van der Waals surface area contributed by atoms with Gasteiger partial charge in [-0.1, -0.05) is 19.1 Å². The molecule has 1 atom stereocenters. The number of nitrogens with zero attached hydrogens (tertiary/aromatic N) is 1. The molecule has 0 bridgehead atoms. The number of alkyl halides is 3. The van der Waals surface area contributed by atoms with Gasteiger partial charge in [0.15, 0.2) is 0 Å². The van der Waals surface area contributed by atoms with Crippen LogP contribution in [-0.4, -0.2) is 49.7 Å². The van der Waals surface area contributed by atoms with Gasteiger partial charge in [-0.05, 0) is 55.3 Å². The molecule has 1 aliphatic heterocycles. The molecule has 37 heavy (non-hydrogen) atoms. The van der Waals surface area contributed by atoms with Crippen LogP contribution in [0.15, 0.2) is 59.8 Å². The van der Waals surface area contributed by atoms with Crippen molar-refractivity contribution in [2.24, 2.45) is 0 Å². The van der Waals surface area contributed by atoms with Gasteiger partial charge in [0, 0.05) is 30.6 Å². The lowest BCUT2D eigenvalue weighted by molar-refractivity contribution is -0.141. The van der Waals surface area contributed by atoms with Gasteiger partial charge < -0.3 is 20.1 Å². The Bertz CT molecular complexity index is 1160. The number of hydrogen-bond acceptors (Lipinski definition) is 5. The summed E-state index contributed by atoms with van der Waals surface area (Å²) in [6.07, 6.45) is -3.80. The molecule has 1 heterocycles. The van der Waals surface area contributed by atoms with Crippen molar-refractivity contribution in [2.75, 3.05) is 32.2 Å². The quantitative estimate of drug-likeness (QED) is 0.363. The molecular formula is C26H28F3N3O5. The maximum absolute atomic E-state index is 12.9. The third-order valence-electron chi connectivity index (χ3n) is 5.76. The average molecular weight is 520 g/mol. The minimum atomic E-state index is -4.49. The van der Waals surface area contributed by atoms with Gasteiger partial charge in [0.1, 0.15) is 6.61 Å². The Morgan fingerprint density at radius 1 is 1.05 bits per heavy atom. The van der Waals surface area contributed by atoms with E-state index >= 15 is 0 Å². The van der Waals surface area contributed by atoms with E-state index < -0.39 is 29.7 Å². The molecule has 0 aliphatic carbocycles. The molecule has 2 aromatic rings. The first-order chi connectivity index (χ1) is 17.6. The Morgan fingerprint density at radius 2 is 1.70 bits per heavy atom. The van der Waals surface area contributed by atoms with Gasteiger partial charge >= 0.3 is 18.2 Å². The third kappa shape index (κ3) is 6.67. The molecule has 2 N–H and O–H groups in total. The molecule has 0 aromatic heterocycles. The first kappa shape index (κ1) is 27.7. The number of urea groups is 1. The predicted molar refractivity (Wildman–Crippen MR) is 130 cm³/mol. The predicted octanol–water partition coefficient (Wildman–Crippen LogP) is 4.90. The van der Waals surface area contributed by atoms with Crippen LogP contribution in [0.5, 0.6) is 0 Å². The van der Waals surface area contributed by atoms with Gasteiger partial charge in [-0.2, -0.15) is 13.2 Å². The summed E-state index contributed by atoms with van der Waals surface area (Å²) in [4.78, 5) is 39.6. The summed E-state index contributed by atoms with van der Waals surface area (Å²) >= 11 is 0. The molecule has 0 saturated heterocycles. The Morgan fingerprint density at radius 3 is 2.27 bits per heavy atom. The highest BCUT2D eigenvalue weighted by Gasteiger charge is 2.36. The fourth-order valence-corrected chi connectivity index (χ4v) is 3.86. The van der Waals surface area contributed by atoms with Crippen LogP contribution in [0.25, 0.3) is 0 Å². The summed E-state index contributed by atoms with van der Waals surface area (Å²) in [6.45, 7) is 4.30. The number of carbonyl (C=O) groups excluding carboxylic acids is 3. The standard InChI is InChI=1S/C26H28F3N3O5/c1-4-13-32-16(2)21(24(34)37-15-14-36-3)22(31-25(32)35)17-7-11-20(12-8-17)30-23(33)18-5-9-19(10-6-18)26(27,28)29/h5-12,22H,4,13-15H2,1-3H3,(H,30,33)(H,31,35). The largest absolute Gasteiger partial charge is 0.460 e. The van der Waals surface area contributed by atoms with Crippen LogP contribution in [0.1, 0.15) is 47.8 Å². The molecular weight excluding hydrogens is 491 g/mol. The van der Waals surface area contributed by atoms with Crippen LogP contribution in [0.3, 0.4) is 0 Å². The zero-order valence-electron chi connectivity index (χ0n) is 20.6. The van der Waals surface area contributed by atoms with Crippen LogP contribution in [0.4, 0.5) is 23.7 Å². The topological polar surface area (TPSA) is 97.0 Å². The van der Waals surface area contributed by atoms with Crippen LogP contribution >= 0.6 is 0 Å². The molecule has 2 aromatic carbocycles. The zero-order valence-corrected chi connectivity index (χ0v) is 20.6. The number of halogens is 3. The Kier molecular flexibility index (Phi) is 8.93. The number of carbonyl (C=O) groups is 3. The lowest BCUT2D eigenvalue weighted by Gasteiger charge is -2.35. The SMILES string of the molecule is CCCN1C(=O)NC(c2ccc(NC(=O)c3ccc(C(F)(F)F)cc3)cc2)C(C(=O)OCCOC)=C1C. The highest BCUT2D eigenvalue weighted by molar-refractivity contribution is 6.04. The molecule has 8 nitrogen and oxygen atoms in total. The molecule has 0 fully saturated rings. The van der Waals surface area contributed by atoms with Crippen molar-refractivity contribution < 1.29 is 37.0 Å². The highest BCUT2D eigenvalue weighted by Crippen LogP contribution is 2.32. The van der Waals surface area contributed by atoms with Crippen molar-refractivity contribution in [2.45, 2.75) is 32.5 Å². The number of methoxy groups -OCH3 is 1. The van der Waals surface area contributed by atoms with E-state index in [9.17, 15) is 27.6 Å². The summed E-state index contributed by atoms with van der Waals surface area (Å²) in [5.41, 5.74) is 0.944. The van der Waals surface area contributed by atoms with Crippen molar-refractivity contribution in [3.63, 3.8) is 0 Å². The maximum atomic E-state index is 12.9. The van der Waals surface area contributed by atoms with Crippen LogP contribution < -0.4 is 10.6 Å². The van der Waals surface area contributed by atoms with Crippen LogP contribution in [0, 0.1) is 0 Å². The summed E-state index contributed by atoms with van der Waals surface area (Å²) in [6, 6.07) is 9.17. The molecule has 11 heteroatoms. The number of benzene rings is 2. The molecule has 0 saturated carbocycles. The van der Waals surface area contributed by atoms with E-state index in [0.29, 0.717) is 29.9 Å². The Labute approximate surface area is 212 Å². The van der Waals surface area contributed by atoms with E-state index in [1.807, 2.05) is 6.92 Å². The van der Waals surface area contributed by atoms with E-state index in [-0.39, 0.29) is 30.4 Å². The second-order valence-electron chi connectivity index (χ2n) is 8.31. The Balaban J connectivity index is 1.81. The van der Waals surface area contributed by atoms with E-state index in [4.69, 9.17) is 9.47 Å². The molecule has 0 spiro atoms. The third-order valence-corrected chi connectivity index (χ3v) is 5.76. The van der Waals surface area contributed by atoms with E-state index in [1.54, 1.807) is 31.2 Å². The average Bonchev–Trinajstić information content (AvgIpc) is 2.86. The second kappa shape index (κ2) is 11.9. The number of ether oxygens (including phenoxy) is 2. The van der Waals surface area contributed by atoms with Crippen molar-refractivity contribution in [3.8, 4) is 0 Å². The number of allylic oxidation sites excluding steroid dienone is 1. The van der Waals surface area contributed by atoms with E-state index in [1.165, 1.54) is 12.0 Å². The monoisotopic (exact) mass is 519 g/mol. The van der Waals surface area contributed by atoms with Crippen molar-refractivity contribution in [1.29, 1.82) is 0 Å². The Hall–Kier alpha value is -3.86. The van der Waals surface area contributed by atoms with Crippen molar-refractivity contribution in [1.82, 2.24) is 10.2 Å². The highest BCUT2D eigenvalue weighted by atomic mass is 19.4. The molecule has 1 unspecified atom stereocenters. The number of esters is 1. The number of nitrogens with one attached hydrogen (secondary N) is 2. The molecule has 3 rings (SSSR count). The van der Waals surface area contributed by atoms with Crippen LogP contribution in [0.2, 0.25) is 0 Å². The van der Waals surface area contributed by atoms with Crippen LogP contribution in [-0.2, 0) is 20.4 Å². The maximum Gasteiger partial charge on any atom is 0.416 e. The first-order valence-corrected chi connectivity index (χ1v) is 11.6. The number of rotatable bonds is 9. The zero-order chi connectivity index (χ0) is 27.2. The summed E-state index contributed by atoms with van der Waals surface area (Å²) in [7, 11) is 1.49. The summed E-state index contributed by atoms with van der Waals surface area (Å²) in [5, 5.41) is 5.46. The number of anilines is 1. The molecule has 198 valence electrons. The fraction of sp³-hybridized carbons (Fsp3) is 0.346. The van der Waals surface area contributed by atoms with Gasteiger partial charge in [-0.25, -0.2) is 9.59 Å². The molecule has 1 aliphatic rings. The smallest absolute Gasteiger partial charge is 0.416 e. The summed E-state index contributed by atoms with van der Waals surface area (Å²) < 4.78 is 48.5. The molecule has 0 radical (unpaired) electrons. The van der Waals surface area contributed by atoms with Crippen molar-refractivity contribution >= 4 is 23.6 Å². The number of amides is 3. The van der Waals surface area contributed by atoms with Gasteiger partial charge in [0.2, 0.25) is 0 Å². The van der Waals surface area contributed by atoms with Gasteiger partial charge in [-0.3, -0.25) is 9.69 Å². The minimum Gasteiger partial charge on any atom is -0.460 e. The van der Waals surface area contributed by atoms with E-state index in [0.717, 1.165) is 24.3 Å². The lowest BCUT2D eigenvalue weighted by Crippen LogP contribution is -2.48. The summed E-state index contributed by atoms with van der Waals surface area (Å²) in [5.74, 6) is -1.17. The number of hydrogen-bond donors (Lipinski definition) is 2. The first-order valence-electron chi connectivity index (χ1n) is 11.6. The fourth-order valence-electron chi connectivity index (χ4n) is 3.86. The minimum absolute atomic E-state index is 0.0511. The second-order valence-corrected chi connectivity index (χ2v) is 8.31. The van der Waals surface area contributed by atoms with E-state index in [2.05, 4.69) is 10.6 Å². The normalized spacial score (nSPS) is 15.9. The van der Waals surface area contributed by atoms with Gasteiger partial charge in [0.25, 0.3) is 5.91 Å². The van der Waals surface area contributed by atoms with Gasteiger partial charge in [0.05, 0.1) is 23.8 Å². The molecule has 3 amide bonds. The van der Waals surface area contributed by atoms with Gasteiger partial charge in [-0.15, -0.1) is 0 Å². The lowest BCUT2D eigenvalue weighted by atomic mass is 9.94.